The topological polar surface area (TPSA) is 48.1 Å². The normalized spacial score (nSPS) is 18.3. The Labute approximate surface area is 107 Å². The Morgan fingerprint density at radius 2 is 1.94 bits per heavy atom. The first-order valence-electron chi connectivity index (χ1n) is 6.02. The molecule has 1 fully saturated rings. The van der Waals surface area contributed by atoms with Gasteiger partial charge in [-0.15, -0.1) is 0 Å². The van der Waals surface area contributed by atoms with Crippen LogP contribution in [0.15, 0.2) is 24.3 Å². The van der Waals surface area contributed by atoms with Crippen molar-refractivity contribution in [3.63, 3.8) is 0 Å². The molecule has 2 rings (SSSR count). The van der Waals surface area contributed by atoms with Crippen molar-refractivity contribution >= 4 is 5.97 Å². The van der Waals surface area contributed by atoms with Gasteiger partial charge in [0.25, 0.3) is 0 Å². The summed E-state index contributed by atoms with van der Waals surface area (Å²) in [5, 5.41) is 0. The third-order valence-corrected chi connectivity index (χ3v) is 2.33. The van der Waals surface area contributed by atoms with E-state index in [1.165, 1.54) is 0 Å². The Hall–Kier alpha value is -1.55. The van der Waals surface area contributed by atoms with E-state index in [2.05, 4.69) is 0 Å². The lowest BCUT2D eigenvalue weighted by molar-refractivity contribution is 0.00695. The molecule has 0 N–H and O–H groups in total. The smallest absolute Gasteiger partial charge is 0.338 e. The minimum Gasteiger partial charge on any atom is -0.491 e. The Morgan fingerprint density at radius 3 is 2.44 bits per heavy atom. The second-order valence-electron chi connectivity index (χ2n) is 5.29. The van der Waals surface area contributed by atoms with Crippen LogP contribution in [0.2, 0.25) is 0 Å². The number of carbonyl (C=O) groups excluding carboxylic acids is 1. The molecule has 1 saturated heterocycles. The van der Waals surface area contributed by atoms with Gasteiger partial charge in [-0.25, -0.2) is 4.79 Å². The standard InChI is InChI=1S/C14H18O4/c1-14(2,3)18-13(15)10-4-6-11(7-5-10)16-8-12-9-17-12/h4-7,12H,8-9H2,1-3H3. The number of esters is 1. The molecule has 1 aromatic carbocycles. The number of rotatable bonds is 4. The first kappa shape index (κ1) is 12.9. The molecule has 1 heterocycles. The lowest BCUT2D eigenvalue weighted by Crippen LogP contribution is -2.23. The molecule has 0 spiro atoms. The Kier molecular flexibility index (Phi) is 3.57. The predicted octanol–water partition coefficient (Wildman–Crippen LogP) is 2.42. The van der Waals surface area contributed by atoms with E-state index in [0.29, 0.717) is 12.2 Å². The Balaban J connectivity index is 1.91. The van der Waals surface area contributed by atoms with Crippen molar-refractivity contribution in [2.24, 2.45) is 0 Å². The van der Waals surface area contributed by atoms with Gasteiger partial charge in [0.1, 0.15) is 24.1 Å². The van der Waals surface area contributed by atoms with Crippen LogP contribution in [-0.4, -0.2) is 30.9 Å². The summed E-state index contributed by atoms with van der Waals surface area (Å²) in [5.74, 6) is 0.414. The van der Waals surface area contributed by atoms with Gasteiger partial charge in [0.2, 0.25) is 0 Å². The molecule has 0 aromatic heterocycles. The molecule has 1 unspecified atom stereocenters. The first-order chi connectivity index (χ1) is 8.44. The largest absolute Gasteiger partial charge is 0.491 e. The number of hydrogen-bond acceptors (Lipinski definition) is 4. The fourth-order valence-corrected chi connectivity index (χ4v) is 1.38. The number of benzene rings is 1. The lowest BCUT2D eigenvalue weighted by atomic mass is 10.1. The van der Waals surface area contributed by atoms with Crippen LogP contribution in [-0.2, 0) is 9.47 Å². The van der Waals surface area contributed by atoms with Crippen LogP contribution in [0.5, 0.6) is 5.75 Å². The van der Waals surface area contributed by atoms with Crippen molar-refractivity contribution in [3.05, 3.63) is 29.8 Å². The van der Waals surface area contributed by atoms with Crippen LogP contribution in [0.1, 0.15) is 31.1 Å². The molecule has 1 aromatic rings. The maximum absolute atomic E-state index is 11.8. The van der Waals surface area contributed by atoms with Gasteiger partial charge >= 0.3 is 5.97 Å². The SMILES string of the molecule is CC(C)(C)OC(=O)c1ccc(OCC2CO2)cc1. The van der Waals surface area contributed by atoms with Crippen LogP contribution in [0.3, 0.4) is 0 Å². The second-order valence-corrected chi connectivity index (χ2v) is 5.29. The minimum atomic E-state index is -0.477. The molecule has 4 nitrogen and oxygen atoms in total. The van der Waals surface area contributed by atoms with Crippen LogP contribution in [0.4, 0.5) is 0 Å². The van der Waals surface area contributed by atoms with Crippen LogP contribution in [0.25, 0.3) is 0 Å². The van der Waals surface area contributed by atoms with Gasteiger partial charge in [0, 0.05) is 0 Å². The molecule has 0 amide bonds. The third-order valence-electron chi connectivity index (χ3n) is 2.33. The summed E-state index contributed by atoms with van der Waals surface area (Å²) in [6.45, 7) is 6.87. The van der Waals surface area contributed by atoms with Crippen LogP contribution < -0.4 is 4.74 Å². The summed E-state index contributed by atoms with van der Waals surface area (Å²) in [6.07, 6.45) is 0.232. The molecule has 0 bridgehead atoms. The van der Waals surface area contributed by atoms with Gasteiger partial charge < -0.3 is 14.2 Å². The van der Waals surface area contributed by atoms with E-state index < -0.39 is 5.60 Å². The second kappa shape index (κ2) is 4.98. The zero-order chi connectivity index (χ0) is 13.2. The van der Waals surface area contributed by atoms with Crippen LogP contribution in [0, 0.1) is 0 Å². The highest BCUT2D eigenvalue weighted by Crippen LogP contribution is 2.17. The Morgan fingerprint density at radius 1 is 1.33 bits per heavy atom. The van der Waals surface area contributed by atoms with Gasteiger partial charge in [-0.2, -0.15) is 0 Å². The molecule has 1 atom stereocenters. The summed E-state index contributed by atoms with van der Waals surface area (Å²) < 4.78 is 15.8. The fraction of sp³-hybridized carbons (Fsp3) is 0.500. The number of ether oxygens (including phenoxy) is 3. The van der Waals surface area contributed by atoms with Crippen molar-refractivity contribution in [2.75, 3.05) is 13.2 Å². The number of epoxide rings is 1. The Bertz CT molecular complexity index is 412. The minimum absolute atomic E-state index is 0.232. The van der Waals surface area contributed by atoms with Crippen molar-refractivity contribution in [2.45, 2.75) is 32.5 Å². The number of carbonyl (C=O) groups is 1. The maximum atomic E-state index is 11.8. The van der Waals surface area contributed by atoms with E-state index in [1.54, 1.807) is 24.3 Å². The third kappa shape index (κ3) is 4.04. The van der Waals surface area contributed by atoms with Gasteiger partial charge in [-0.3, -0.25) is 0 Å². The van der Waals surface area contributed by atoms with E-state index in [-0.39, 0.29) is 12.1 Å². The first-order valence-corrected chi connectivity index (χ1v) is 6.02. The van der Waals surface area contributed by atoms with Crippen molar-refractivity contribution in [3.8, 4) is 5.75 Å². The molecule has 4 heteroatoms. The van der Waals surface area contributed by atoms with Gasteiger partial charge in [0.15, 0.2) is 0 Å². The molecular weight excluding hydrogens is 232 g/mol. The summed E-state index contributed by atoms with van der Waals surface area (Å²) >= 11 is 0. The summed E-state index contributed by atoms with van der Waals surface area (Å²) in [5.41, 5.74) is 0.0511. The lowest BCUT2D eigenvalue weighted by Gasteiger charge is -2.19. The molecule has 0 radical (unpaired) electrons. The number of hydrogen-bond donors (Lipinski definition) is 0. The van der Waals surface area contributed by atoms with Gasteiger partial charge in [0.05, 0.1) is 12.2 Å². The highest BCUT2D eigenvalue weighted by molar-refractivity contribution is 5.89. The summed E-state index contributed by atoms with van der Waals surface area (Å²) in [7, 11) is 0. The van der Waals surface area contributed by atoms with E-state index in [9.17, 15) is 4.79 Å². The highest BCUT2D eigenvalue weighted by Gasteiger charge is 2.23. The average Bonchev–Trinajstić information content (AvgIpc) is 3.08. The molecular formula is C14H18O4. The van der Waals surface area contributed by atoms with Gasteiger partial charge in [-0.05, 0) is 45.0 Å². The van der Waals surface area contributed by atoms with E-state index >= 15 is 0 Å². The molecule has 0 aliphatic carbocycles. The maximum Gasteiger partial charge on any atom is 0.338 e. The molecule has 1 aliphatic rings. The fourth-order valence-electron chi connectivity index (χ4n) is 1.38. The molecule has 0 saturated carbocycles. The molecule has 98 valence electrons. The molecule has 18 heavy (non-hydrogen) atoms. The van der Waals surface area contributed by atoms with Crippen molar-refractivity contribution in [1.29, 1.82) is 0 Å². The monoisotopic (exact) mass is 250 g/mol. The highest BCUT2D eigenvalue weighted by atomic mass is 16.6. The quantitative estimate of drug-likeness (QED) is 0.608. The van der Waals surface area contributed by atoms with Crippen molar-refractivity contribution < 1.29 is 19.0 Å². The zero-order valence-electron chi connectivity index (χ0n) is 10.9. The summed E-state index contributed by atoms with van der Waals surface area (Å²) in [4.78, 5) is 11.8. The van der Waals surface area contributed by atoms with Gasteiger partial charge in [-0.1, -0.05) is 0 Å². The van der Waals surface area contributed by atoms with E-state index in [1.807, 2.05) is 20.8 Å². The van der Waals surface area contributed by atoms with E-state index in [4.69, 9.17) is 14.2 Å². The zero-order valence-corrected chi connectivity index (χ0v) is 10.9. The van der Waals surface area contributed by atoms with Crippen molar-refractivity contribution in [1.82, 2.24) is 0 Å². The van der Waals surface area contributed by atoms with Crippen LogP contribution >= 0.6 is 0 Å². The average molecular weight is 250 g/mol. The van der Waals surface area contributed by atoms with E-state index in [0.717, 1.165) is 12.4 Å². The summed E-state index contributed by atoms with van der Waals surface area (Å²) in [6, 6.07) is 6.94. The predicted molar refractivity (Wildman–Crippen MR) is 66.8 cm³/mol. The molecule has 1 aliphatic heterocycles.